The second-order valence-electron chi connectivity index (χ2n) is 15.7. The molecular weight excluding hydrogens is 711 g/mol. The molecule has 0 aliphatic heterocycles. The topological polar surface area (TPSA) is 3.24 Å². The van der Waals surface area contributed by atoms with Gasteiger partial charge in [-0.05, 0) is 121 Å². The molecule has 10 aromatic carbocycles. The lowest BCUT2D eigenvalue weighted by Crippen LogP contribution is -2.28. The minimum Gasteiger partial charge on any atom is -0.311 e. The molecule has 0 amide bonds. The van der Waals surface area contributed by atoms with E-state index in [0.29, 0.717) is 0 Å². The lowest BCUT2D eigenvalue weighted by atomic mass is 9.67. The highest BCUT2D eigenvalue weighted by Gasteiger charge is 2.45. The Morgan fingerprint density at radius 2 is 0.661 bits per heavy atom. The average Bonchev–Trinajstić information content (AvgIpc) is 3.61. The average molecular weight is 752 g/mol. The van der Waals surface area contributed by atoms with Gasteiger partial charge in [0.25, 0.3) is 0 Å². The lowest BCUT2D eigenvalue weighted by molar-refractivity contribution is 0.768. The van der Waals surface area contributed by atoms with Gasteiger partial charge in [-0.2, -0.15) is 0 Å². The van der Waals surface area contributed by atoms with Gasteiger partial charge in [-0.3, -0.25) is 0 Å². The summed E-state index contributed by atoms with van der Waals surface area (Å²) in [5, 5.41) is 5.04. The number of nitrogens with zero attached hydrogens (tertiary/aromatic N) is 1. The Morgan fingerprint density at radius 1 is 0.305 bits per heavy atom. The molecule has 0 saturated carbocycles. The molecule has 0 bridgehead atoms. The van der Waals surface area contributed by atoms with Crippen LogP contribution < -0.4 is 4.90 Å². The molecule has 0 atom stereocenters. The molecular formula is C58H41N. The number of anilines is 3. The first-order chi connectivity index (χ1) is 29.2. The van der Waals surface area contributed by atoms with Crippen molar-refractivity contribution in [3.8, 4) is 33.4 Å². The Hall–Kier alpha value is -7.48. The van der Waals surface area contributed by atoms with Crippen LogP contribution in [0.2, 0.25) is 0 Å². The zero-order valence-electron chi connectivity index (χ0n) is 32.9. The highest BCUT2D eigenvalue weighted by Crippen LogP contribution is 2.56. The van der Waals surface area contributed by atoms with Gasteiger partial charge >= 0.3 is 0 Å². The fourth-order valence-electron chi connectivity index (χ4n) is 9.84. The molecule has 0 unspecified atom stereocenters. The summed E-state index contributed by atoms with van der Waals surface area (Å²) in [7, 11) is 0. The van der Waals surface area contributed by atoms with Gasteiger partial charge in [0.2, 0.25) is 0 Å². The first-order valence-corrected chi connectivity index (χ1v) is 20.5. The third-order valence-corrected chi connectivity index (χ3v) is 12.4. The standard InChI is InChI=1S/C58H41N/c1-40-28-32-43(33-29-40)58(54-26-14-12-20-48(54)49-21-13-15-27-55(49)58)44-34-38-47(39-35-44)59(45-18-6-3-7-19-45)46-36-30-42(31-37-46)57-52-24-10-8-22-50(52)56(41-16-4-2-5-17-41)51-23-9-11-25-53(51)57/h2-39H,1H3. The van der Waals surface area contributed by atoms with Crippen molar-refractivity contribution in [1.29, 1.82) is 0 Å². The number of benzene rings is 10. The molecule has 0 heterocycles. The molecule has 11 rings (SSSR count). The molecule has 0 fully saturated rings. The number of rotatable bonds is 7. The zero-order chi connectivity index (χ0) is 39.3. The van der Waals surface area contributed by atoms with Crippen LogP contribution in [0.3, 0.4) is 0 Å². The van der Waals surface area contributed by atoms with Crippen molar-refractivity contribution in [3.63, 3.8) is 0 Å². The van der Waals surface area contributed by atoms with Crippen LogP contribution in [-0.4, -0.2) is 0 Å². The Kier molecular flexibility index (Phi) is 8.34. The van der Waals surface area contributed by atoms with Gasteiger partial charge in [-0.25, -0.2) is 0 Å². The second kappa shape index (κ2) is 14.2. The van der Waals surface area contributed by atoms with E-state index in [0.717, 1.165) is 17.1 Å². The van der Waals surface area contributed by atoms with Crippen LogP contribution >= 0.6 is 0 Å². The molecule has 1 aliphatic rings. The van der Waals surface area contributed by atoms with E-state index in [1.165, 1.54) is 82.7 Å². The van der Waals surface area contributed by atoms with Gasteiger partial charge < -0.3 is 4.90 Å². The summed E-state index contributed by atoms with van der Waals surface area (Å²) < 4.78 is 0. The van der Waals surface area contributed by atoms with E-state index in [9.17, 15) is 0 Å². The van der Waals surface area contributed by atoms with E-state index >= 15 is 0 Å². The first kappa shape index (κ1) is 34.7. The van der Waals surface area contributed by atoms with Crippen LogP contribution in [0.1, 0.15) is 27.8 Å². The maximum Gasteiger partial charge on any atom is 0.0713 e. The summed E-state index contributed by atoms with van der Waals surface area (Å²) in [4.78, 5) is 2.37. The molecule has 1 heteroatoms. The molecule has 1 nitrogen and oxygen atoms in total. The van der Waals surface area contributed by atoms with Crippen molar-refractivity contribution >= 4 is 38.6 Å². The van der Waals surface area contributed by atoms with Crippen molar-refractivity contribution in [1.82, 2.24) is 0 Å². The Bertz CT molecular complexity index is 3020. The number of aryl methyl sites for hydroxylation is 1. The summed E-state index contributed by atoms with van der Waals surface area (Å²) in [6.45, 7) is 2.17. The van der Waals surface area contributed by atoms with E-state index in [1.54, 1.807) is 0 Å². The van der Waals surface area contributed by atoms with Crippen LogP contribution in [0.4, 0.5) is 17.1 Å². The monoisotopic (exact) mass is 751 g/mol. The van der Waals surface area contributed by atoms with Crippen molar-refractivity contribution in [3.05, 3.63) is 258 Å². The molecule has 1 aliphatic carbocycles. The minimum atomic E-state index is -0.444. The minimum absolute atomic E-state index is 0.444. The molecule has 0 aromatic heterocycles. The van der Waals surface area contributed by atoms with E-state index in [4.69, 9.17) is 0 Å². The second-order valence-corrected chi connectivity index (χ2v) is 15.7. The molecule has 0 saturated heterocycles. The third-order valence-electron chi connectivity index (χ3n) is 12.4. The Morgan fingerprint density at radius 3 is 1.15 bits per heavy atom. The maximum absolute atomic E-state index is 2.37. The fraction of sp³-hybridized carbons (Fsp3) is 0.0345. The quantitative estimate of drug-likeness (QED) is 0.147. The van der Waals surface area contributed by atoms with Crippen LogP contribution in [-0.2, 0) is 5.41 Å². The van der Waals surface area contributed by atoms with Crippen molar-refractivity contribution in [2.45, 2.75) is 12.3 Å². The number of para-hydroxylation sites is 1. The summed E-state index contributed by atoms with van der Waals surface area (Å²) >= 11 is 0. The Balaban J connectivity index is 1.05. The predicted molar refractivity (Wildman–Crippen MR) is 249 cm³/mol. The normalized spacial score (nSPS) is 12.6. The van der Waals surface area contributed by atoms with Crippen LogP contribution in [0.25, 0.3) is 54.9 Å². The van der Waals surface area contributed by atoms with Gasteiger partial charge in [0, 0.05) is 17.1 Å². The van der Waals surface area contributed by atoms with Crippen molar-refractivity contribution in [2.24, 2.45) is 0 Å². The smallest absolute Gasteiger partial charge is 0.0713 e. The van der Waals surface area contributed by atoms with Crippen LogP contribution in [0.15, 0.2) is 231 Å². The molecule has 278 valence electrons. The van der Waals surface area contributed by atoms with Crippen molar-refractivity contribution < 1.29 is 0 Å². The fourth-order valence-corrected chi connectivity index (χ4v) is 9.84. The summed E-state index contributed by atoms with van der Waals surface area (Å²) in [6.07, 6.45) is 0. The van der Waals surface area contributed by atoms with E-state index in [1.807, 2.05) is 0 Å². The van der Waals surface area contributed by atoms with Gasteiger partial charge in [-0.15, -0.1) is 0 Å². The highest BCUT2D eigenvalue weighted by molar-refractivity contribution is 6.21. The van der Waals surface area contributed by atoms with Gasteiger partial charge in [0.05, 0.1) is 5.41 Å². The highest BCUT2D eigenvalue weighted by atomic mass is 15.1. The molecule has 0 N–H and O–H groups in total. The van der Waals surface area contributed by atoms with Gasteiger partial charge in [-0.1, -0.05) is 200 Å². The molecule has 10 aromatic rings. The molecule has 59 heavy (non-hydrogen) atoms. The number of hydrogen-bond acceptors (Lipinski definition) is 1. The van der Waals surface area contributed by atoms with E-state index < -0.39 is 5.41 Å². The predicted octanol–water partition coefficient (Wildman–Crippen LogP) is 15.5. The van der Waals surface area contributed by atoms with Gasteiger partial charge in [0.15, 0.2) is 0 Å². The Labute approximate surface area is 346 Å². The first-order valence-electron chi connectivity index (χ1n) is 20.5. The van der Waals surface area contributed by atoms with E-state index in [-0.39, 0.29) is 0 Å². The summed E-state index contributed by atoms with van der Waals surface area (Å²) in [6, 6.07) is 84.8. The summed E-state index contributed by atoms with van der Waals surface area (Å²) in [5.41, 5.74) is 16.9. The van der Waals surface area contributed by atoms with Gasteiger partial charge in [0.1, 0.15) is 0 Å². The van der Waals surface area contributed by atoms with Crippen LogP contribution in [0.5, 0.6) is 0 Å². The van der Waals surface area contributed by atoms with E-state index in [2.05, 4.69) is 242 Å². The molecule has 0 spiro atoms. The largest absolute Gasteiger partial charge is 0.311 e. The number of hydrogen-bond donors (Lipinski definition) is 0. The lowest BCUT2D eigenvalue weighted by Gasteiger charge is -2.34. The maximum atomic E-state index is 2.37. The van der Waals surface area contributed by atoms with Crippen LogP contribution in [0, 0.1) is 6.92 Å². The van der Waals surface area contributed by atoms with Crippen molar-refractivity contribution in [2.75, 3.05) is 4.90 Å². The molecule has 0 radical (unpaired) electrons. The zero-order valence-corrected chi connectivity index (χ0v) is 32.9. The third kappa shape index (κ3) is 5.54. The SMILES string of the molecule is Cc1ccc(C2(c3ccc(N(c4ccccc4)c4ccc(-c5c6ccccc6c(-c6ccccc6)c6ccccc56)cc4)cc3)c3ccccc3-c3ccccc32)cc1. The number of fused-ring (bicyclic) bond motifs is 5. The summed E-state index contributed by atoms with van der Waals surface area (Å²) in [5.74, 6) is 0.